The quantitative estimate of drug-likeness (QED) is 0.733. The smallest absolute Gasteiger partial charge is 0.0804 e. The molecule has 1 N–H and O–H groups in total. The van der Waals surface area contributed by atoms with Crippen molar-refractivity contribution in [2.24, 2.45) is 7.05 Å². The van der Waals surface area contributed by atoms with Crippen LogP contribution in [0.3, 0.4) is 0 Å². The van der Waals surface area contributed by atoms with Gasteiger partial charge in [0.25, 0.3) is 0 Å². The third kappa shape index (κ3) is 4.30. The van der Waals surface area contributed by atoms with Crippen molar-refractivity contribution in [1.29, 1.82) is 0 Å². The number of rotatable bonds is 9. The van der Waals surface area contributed by atoms with E-state index in [2.05, 4.69) is 54.0 Å². The first-order chi connectivity index (χ1) is 9.93. The molecular weight excluding hydrogens is 330 g/mol. The van der Waals surface area contributed by atoms with E-state index in [0.717, 1.165) is 42.4 Å². The van der Waals surface area contributed by atoms with Crippen molar-refractivity contribution < 1.29 is 4.74 Å². The van der Waals surface area contributed by atoms with Gasteiger partial charge in [-0.15, -0.1) is 0 Å². The van der Waals surface area contributed by atoms with E-state index in [0.29, 0.717) is 0 Å². The number of aryl methyl sites for hydroxylation is 2. The van der Waals surface area contributed by atoms with Crippen LogP contribution >= 0.6 is 15.9 Å². The third-order valence-electron chi connectivity index (χ3n) is 4.45. The van der Waals surface area contributed by atoms with E-state index in [1.807, 2.05) is 11.7 Å². The van der Waals surface area contributed by atoms with Crippen molar-refractivity contribution >= 4 is 15.9 Å². The Labute approximate surface area is 137 Å². The van der Waals surface area contributed by atoms with E-state index >= 15 is 0 Å². The molecule has 0 aliphatic carbocycles. The summed E-state index contributed by atoms with van der Waals surface area (Å²) in [5, 5.41) is 8.25. The van der Waals surface area contributed by atoms with Crippen LogP contribution in [-0.4, -0.2) is 35.1 Å². The Balaban J connectivity index is 3.03. The van der Waals surface area contributed by atoms with Gasteiger partial charge in [0.1, 0.15) is 0 Å². The molecule has 0 aliphatic rings. The van der Waals surface area contributed by atoms with Gasteiger partial charge in [0, 0.05) is 26.6 Å². The molecule has 2 unspecified atom stereocenters. The standard InChI is InChI=1S/C16H30BrN3O/c1-7-10-18-14(16(4,9-3)21-6)11-13-15(17)12(8-2)19-20(13)5/h14,18H,7-11H2,1-6H3. The number of methoxy groups -OCH3 is 1. The Hall–Kier alpha value is -0.390. The van der Waals surface area contributed by atoms with E-state index in [9.17, 15) is 0 Å². The van der Waals surface area contributed by atoms with Gasteiger partial charge in [-0.05, 0) is 48.7 Å². The summed E-state index contributed by atoms with van der Waals surface area (Å²) in [6.07, 6.45) is 3.94. The molecule has 2 atom stereocenters. The lowest BCUT2D eigenvalue weighted by molar-refractivity contribution is -0.0291. The number of ether oxygens (including phenoxy) is 1. The van der Waals surface area contributed by atoms with Crippen LogP contribution in [0.4, 0.5) is 0 Å². The Morgan fingerprint density at radius 1 is 1.38 bits per heavy atom. The summed E-state index contributed by atoms with van der Waals surface area (Å²) in [5.74, 6) is 0. The predicted octanol–water partition coefficient (Wildman–Crippen LogP) is 3.47. The minimum absolute atomic E-state index is 0.175. The Morgan fingerprint density at radius 3 is 2.48 bits per heavy atom. The maximum absolute atomic E-state index is 5.82. The lowest BCUT2D eigenvalue weighted by atomic mass is 9.89. The van der Waals surface area contributed by atoms with Gasteiger partial charge < -0.3 is 10.1 Å². The van der Waals surface area contributed by atoms with E-state index in [4.69, 9.17) is 4.74 Å². The van der Waals surface area contributed by atoms with Crippen LogP contribution in [-0.2, 0) is 24.6 Å². The molecule has 0 saturated heterocycles. The Bertz CT molecular complexity index is 441. The molecule has 122 valence electrons. The zero-order valence-corrected chi connectivity index (χ0v) is 15.9. The van der Waals surface area contributed by atoms with Crippen molar-refractivity contribution in [3.63, 3.8) is 0 Å². The molecule has 0 saturated carbocycles. The molecule has 0 radical (unpaired) electrons. The normalized spacial score (nSPS) is 16.0. The summed E-state index contributed by atoms with van der Waals surface area (Å²) in [6.45, 7) is 9.69. The van der Waals surface area contributed by atoms with Gasteiger partial charge in [0.15, 0.2) is 0 Å². The first kappa shape index (κ1) is 18.7. The second-order valence-electron chi connectivity index (χ2n) is 5.77. The summed E-state index contributed by atoms with van der Waals surface area (Å²) in [5.41, 5.74) is 2.18. The van der Waals surface area contributed by atoms with Crippen molar-refractivity contribution in [3.8, 4) is 0 Å². The van der Waals surface area contributed by atoms with Gasteiger partial charge in [0.05, 0.1) is 21.5 Å². The lowest BCUT2D eigenvalue weighted by Gasteiger charge is -2.36. The molecule has 1 heterocycles. The summed E-state index contributed by atoms with van der Waals surface area (Å²) >= 11 is 3.72. The number of halogens is 1. The van der Waals surface area contributed by atoms with Gasteiger partial charge in [-0.2, -0.15) is 5.10 Å². The molecule has 21 heavy (non-hydrogen) atoms. The first-order valence-corrected chi connectivity index (χ1v) is 8.71. The number of nitrogens with one attached hydrogen (secondary N) is 1. The van der Waals surface area contributed by atoms with Gasteiger partial charge in [0.2, 0.25) is 0 Å². The highest BCUT2D eigenvalue weighted by molar-refractivity contribution is 9.10. The second kappa shape index (κ2) is 8.30. The SMILES string of the molecule is CCCNC(Cc1c(Br)c(CC)nn1C)C(C)(CC)OC. The number of nitrogens with zero attached hydrogens (tertiary/aromatic N) is 2. The second-order valence-corrected chi connectivity index (χ2v) is 6.56. The van der Waals surface area contributed by atoms with Crippen molar-refractivity contribution in [2.75, 3.05) is 13.7 Å². The molecule has 1 aromatic heterocycles. The van der Waals surface area contributed by atoms with Crippen molar-refractivity contribution in [2.45, 2.75) is 65.0 Å². The summed E-state index contributed by atoms with van der Waals surface area (Å²) in [4.78, 5) is 0. The van der Waals surface area contributed by atoms with E-state index in [-0.39, 0.29) is 11.6 Å². The molecule has 5 heteroatoms. The first-order valence-electron chi connectivity index (χ1n) is 7.92. The van der Waals surface area contributed by atoms with Gasteiger partial charge in [-0.25, -0.2) is 0 Å². The maximum Gasteiger partial charge on any atom is 0.0804 e. The van der Waals surface area contributed by atoms with Gasteiger partial charge >= 0.3 is 0 Å². The minimum Gasteiger partial charge on any atom is -0.377 e. The van der Waals surface area contributed by atoms with Crippen molar-refractivity contribution in [3.05, 3.63) is 15.9 Å². The zero-order chi connectivity index (χ0) is 16.0. The lowest BCUT2D eigenvalue weighted by Crippen LogP contribution is -2.51. The van der Waals surface area contributed by atoms with Crippen LogP contribution < -0.4 is 5.32 Å². The molecule has 0 amide bonds. The number of aromatic nitrogens is 2. The van der Waals surface area contributed by atoms with Crippen LogP contribution in [0.2, 0.25) is 0 Å². The average molecular weight is 360 g/mol. The number of hydrogen-bond acceptors (Lipinski definition) is 3. The van der Waals surface area contributed by atoms with Gasteiger partial charge in [-0.1, -0.05) is 20.8 Å². The fourth-order valence-electron chi connectivity index (χ4n) is 2.59. The van der Waals surface area contributed by atoms with E-state index in [1.54, 1.807) is 7.11 Å². The highest BCUT2D eigenvalue weighted by Gasteiger charge is 2.33. The monoisotopic (exact) mass is 359 g/mol. The molecule has 1 rings (SSSR count). The minimum atomic E-state index is -0.175. The van der Waals surface area contributed by atoms with Crippen LogP contribution in [0.25, 0.3) is 0 Å². The summed E-state index contributed by atoms with van der Waals surface area (Å²) in [6, 6.07) is 0.267. The van der Waals surface area contributed by atoms with Crippen molar-refractivity contribution in [1.82, 2.24) is 15.1 Å². The van der Waals surface area contributed by atoms with Crippen LogP contribution in [0, 0.1) is 0 Å². The molecule has 0 bridgehead atoms. The molecular formula is C16H30BrN3O. The Kier molecular flexibility index (Phi) is 7.37. The van der Waals surface area contributed by atoms with Gasteiger partial charge in [-0.3, -0.25) is 4.68 Å². The fraction of sp³-hybridized carbons (Fsp3) is 0.812. The van der Waals surface area contributed by atoms with Crippen LogP contribution in [0.1, 0.15) is 51.9 Å². The highest BCUT2D eigenvalue weighted by Crippen LogP contribution is 2.27. The number of hydrogen-bond donors (Lipinski definition) is 1. The topological polar surface area (TPSA) is 39.1 Å². The highest BCUT2D eigenvalue weighted by atomic mass is 79.9. The van der Waals surface area contributed by atoms with Crippen LogP contribution in [0.15, 0.2) is 4.47 Å². The molecule has 0 spiro atoms. The third-order valence-corrected chi connectivity index (χ3v) is 5.36. The van der Waals surface area contributed by atoms with Crippen LogP contribution in [0.5, 0.6) is 0 Å². The largest absolute Gasteiger partial charge is 0.377 e. The average Bonchev–Trinajstić information content (AvgIpc) is 2.77. The fourth-order valence-corrected chi connectivity index (χ4v) is 3.37. The molecule has 0 aromatic carbocycles. The predicted molar refractivity (Wildman–Crippen MR) is 91.8 cm³/mol. The van der Waals surface area contributed by atoms with E-state index < -0.39 is 0 Å². The molecule has 4 nitrogen and oxygen atoms in total. The summed E-state index contributed by atoms with van der Waals surface area (Å²) < 4.78 is 8.96. The maximum atomic E-state index is 5.82. The molecule has 0 aliphatic heterocycles. The molecule has 1 aromatic rings. The zero-order valence-electron chi connectivity index (χ0n) is 14.3. The molecule has 0 fully saturated rings. The Morgan fingerprint density at radius 2 is 2.05 bits per heavy atom. The summed E-state index contributed by atoms with van der Waals surface area (Å²) in [7, 11) is 3.83. The van der Waals surface area contributed by atoms with E-state index in [1.165, 1.54) is 5.69 Å².